The number of tetrazole rings is 1. The number of rotatable bonds is 2. The number of carbonyl (C=O) groups excluding carboxylic acids is 1. The molecule has 2 rings (SSSR count). The molecule has 1 aromatic rings. The zero-order valence-corrected chi connectivity index (χ0v) is 8.42. The van der Waals surface area contributed by atoms with Crippen molar-refractivity contribution in [1.29, 1.82) is 0 Å². The van der Waals surface area contributed by atoms with Crippen molar-refractivity contribution in [2.75, 3.05) is 11.9 Å². The first kappa shape index (κ1) is 11.8. The summed E-state index contributed by atoms with van der Waals surface area (Å²) in [7, 11) is 0. The lowest BCUT2D eigenvalue weighted by atomic mass is 10.2. The summed E-state index contributed by atoms with van der Waals surface area (Å²) in [5.41, 5.74) is 0. The van der Waals surface area contributed by atoms with Crippen LogP contribution in [0, 0.1) is 0 Å². The van der Waals surface area contributed by atoms with Gasteiger partial charge in [-0.05, 0) is 5.21 Å². The van der Waals surface area contributed by atoms with Crippen molar-refractivity contribution in [2.24, 2.45) is 0 Å². The number of H-pyrrole nitrogens is 1. The van der Waals surface area contributed by atoms with Crippen molar-refractivity contribution in [1.82, 2.24) is 25.9 Å². The molecular formula is C6H10ClFN6O. The fourth-order valence-corrected chi connectivity index (χ4v) is 1.30. The quantitative estimate of drug-likeness (QED) is 0.629. The average molecular weight is 237 g/mol. The van der Waals surface area contributed by atoms with Gasteiger partial charge in [-0.15, -0.1) is 17.5 Å². The molecule has 9 heteroatoms. The first-order chi connectivity index (χ1) is 6.75. The molecule has 1 saturated heterocycles. The van der Waals surface area contributed by atoms with Gasteiger partial charge >= 0.3 is 0 Å². The van der Waals surface area contributed by atoms with Crippen molar-refractivity contribution >= 4 is 24.3 Å². The molecule has 1 amide bonds. The van der Waals surface area contributed by atoms with Gasteiger partial charge in [0.25, 0.3) is 5.95 Å². The smallest absolute Gasteiger partial charge is 0.269 e. The predicted octanol–water partition coefficient (Wildman–Crippen LogP) is -0.740. The third kappa shape index (κ3) is 2.83. The molecule has 1 aliphatic heterocycles. The number of amides is 1. The van der Waals surface area contributed by atoms with E-state index in [1.807, 2.05) is 0 Å². The van der Waals surface area contributed by atoms with Gasteiger partial charge < -0.3 is 5.32 Å². The van der Waals surface area contributed by atoms with E-state index in [4.69, 9.17) is 0 Å². The Morgan fingerprint density at radius 2 is 2.40 bits per heavy atom. The van der Waals surface area contributed by atoms with Crippen molar-refractivity contribution in [2.45, 2.75) is 18.6 Å². The standard InChI is InChI=1S/C6H9FN6O.ClH/c7-3-1-4(8-2-3)5(14)9-6-10-12-13-11-6;/h3-4,8H,1-2H2,(H2,9,10,11,12,13,14);1H/t3-,4+;/m1./s1. The van der Waals surface area contributed by atoms with E-state index >= 15 is 0 Å². The summed E-state index contributed by atoms with van der Waals surface area (Å²) in [5, 5.41) is 17.7. The number of aromatic amines is 1. The molecule has 1 fully saturated rings. The van der Waals surface area contributed by atoms with Crippen LogP contribution in [0.5, 0.6) is 0 Å². The molecule has 7 nitrogen and oxygen atoms in total. The van der Waals surface area contributed by atoms with Gasteiger partial charge in [0.1, 0.15) is 6.17 Å². The molecule has 15 heavy (non-hydrogen) atoms. The van der Waals surface area contributed by atoms with Gasteiger partial charge in [0.15, 0.2) is 0 Å². The Morgan fingerprint density at radius 1 is 1.60 bits per heavy atom. The number of aromatic nitrogens is 4. The van der Waals surface area contributed by atoms with E-state index in [9.17, 15) is 9.18 Å². The Bertz CT molecular complexity index is 319. The summed E-state index contributed by atoms with van der Waals surface area (Å²) in [6, 6.07) is -0.511. The maximum absolute atomic E-state index is 12.7. The van der Waals surface area contributed by atoms with E-state index in [0.717, 1.165) is 0 Å². The largest absolute Gasteiger partial charge is 0.303 e. The minimum Gasteiger partial charge on any atom is -0.303 e. The van der Waals surface area contributed by atoms with Crippen LogP contribution in [-0.4, -0.2) is 45.3 Å². The van der Waals surface area contributed by atoms with Crippen molar-refractivity contribution in [3.05, 3.63) is 0 Å². The maximum atomic E-state index is 12.7. The highest BCUT2D eigenvalue weighted by atomic mass is 35.5. The van der Waals surface area contributed by atoms with Crippen LogP contribution in [-0.2, 0) is 4.79 Å². The summed E-state index contributed by atoms with van der Waals surface area (Å²) >= 11 is 0. The minimum atomic E-state index is -0.962. The summed E-state index contributed by atoms with van der Waals surface area (Å²) in [4.78, 5) is 11.4. The summed E-state index contributed by atoms with van der Waals surface area (Å²) in [6.07, 6.45) is -0.778. The number of halogens is 2. The van der Waals surface area contributed by atoms with Crippen LogP contribution in [0.1, 0.15) is 6.42 Å². The Balaban J connectivity index is 0.00000112. The van der Waals surface area contributed by atoms with E-state index in [1.165, 1.54) is 0 Å². The monoisotopic (exact) mass is 236 g/mol. The number of anilines is 1. The third-order valence-electron chi connectivity index (χ3n) is 1.97. The number of nitrogens with zero attached hydrogens (tertiary/aromatic N) is 3. The zero-order chi connectivity index (χ0) is 9.97. The fraction of sp³-hybridized carbons (Fsp3) is 0.667. The molecule has 2 heterocycles. The normalized spacial score (nSPS) is 24.6. The second-order valence-corrected chi connectivity index (χ2v) is 3.02. The van der Waals surface area contributed by atoms with Crippen LogP contribution in [0.3, 0.4) is 0 Å². The lowest BCUT2D eigenvalue weighted by molar-refractivity contribution is -0.117. The molecule has 0 aliphatic carbocycles. The van der Waals surface area contributed by atoms with Gasteiger partial charge in [-0.25, -0.2) is 4.39 Å². The Kier molecular flexibility index (Phi) is 3.92. The van der Waals surface area contributed by atoms with Crippen LogP contribution in [0.4, 0.5) is 10.3 Å². The highest BCUT2D eigenvalue weighted by Gasteiger charge is 2.29. The highest BCUT2D eigenvalue weighted by molar-refractivity contribution is 5.93. The van der Waals surface area contributed by atoms with E-state index in [1.54, 1.807) is 0 Å². The fourth-order valence-electron chi connectivity index (χ4n) is 1.30. The molecule has 2 atom stereocenters. The van der Waals surface area contributed by atoms with Gasteiger partial charge in [-0.3, -0.25) is 10.1 Å². The van der Waals surface area contributed by atoms with E-state index < -0.39 is 12.2 Å². The van der Waals surface area contributed by atoms with Crippen LogP contribution < -0.4 is 10.6 Å². The van der Waals surface area contributed by atoms with Crippen LogP contribution >= 0.6 is 12.4 Å². The van der Waals surface area contributed by atoms with E-state index in [0.29, 0.717) is 0 Å². The molecule has 0 bridgehead atoms. The molecule has 0 spiro atoms. The molecule has 0 radical (unpaired) electrons. The molecule has 1 aliphatic rings. The Labute approximate surface area is 90.6 Å². The second-order valence-electron chi connectivity index (χ2n) is 3.02. The molecular weight excluding hydrogens is 227 g/mol. The number of nitrogens with one attached hydrogen (secondary N) is 3. The predicted molar refractivity (Wildman–Crippen MR) is 51.4 cm³/mol. The topological polar surface area (TPSA) is 95.6 Å². The Hall–Kier alpha value is -1.28. The number of hydrogen-bond donors (Lipinski definition) is 3. The summed E-state index contributed by atoms with van der Waals surface area (Å²) in [6.45, 7) is 0.213. The maximum Gasteiger partial charge on any atom is 0.269 e. The molecule has 0 aromatic carbocycles. The third-order valence-corrected chi connectivity index (χ3v) is 1.97. The number of alkyl halides is 1. The van der Waals surface area contributed by atoms with Crippen molar-refractivity contribution in [3.63, 3.8) is 0 Å². The van der Waals surface area contributed by atoms with Gasteiger partial charge in [0.2, 0.25) is 5.91 Å². The zero-order valence-electron chi connectivity index (χ0n) is 7.61. The first-order valence-corrected chi connectivity index (χ1v) is 4.17. The SMILES string of the molecule is Cl.O=C(Nc1nn[nH]n1)[C@@H]1C[C@@H](F)CN1. The molecule has 84 valence electrons. The lowest BCUT2D eigenvalue weighted by Crippen LogP contribution is -2.35. The second kappa shape index (κ2) is 4.99. The first-order valence-electron chi connectivity index (χ1n) is 4.17. The van der Waals surface area contributed by atoms with Crippen LogP contribution in [0.2, 0.25) is 0 Å². The van der Waals surface area contributed by atoms with E-state index in [2.05, 4.69) is 31.3 Å². The summed E-state index contributed by atoms with van der Waals surface area (Å²) < 4.78 is 12.7. The summed E-state index contributed by atoms with van der Waals surface area (Å²) in [5.74, 6) is -0.245. The number of carbonyl (C=O) groups is 1. The van der Waals surface area contributed by atoms with Crippen molar-refractivity contribution in [3.8, 4) is 0 Å². The van der Waals surface area contributed by atoms with Gasteiger partial charge in [-0.1, -0.05) is 5.10 Å². The van der Waals surface area contributed by atoms with Crippen molar-refractivity contribution < 1.29 is 9.18 Å². The molecule has 1 aromatic heterocycles. The van der Waals surface area contributed by atoms with Crippen LogP contribution in [0.25, 0.3) is 0 Å². The lowest BCUT2D eigenvalue weighted by Gasteiger charge is -2.06. The number of hydrogen-bond acceptors (Lipinski definition) is 5. The minimum absolute atomic E-state index is 0. The molecule has 0 saturated carbocycles. The molecule has 0 unspecified atom stereocenters. The van der Waals surface area contributed by atoms with E-state index in [-0.39, 0.29) is 37.2 Å². The Morgan fingerprint density at radius 3 is 2.93 bits per heavy atom. The average Bonchev–Trinajstić information content (AvgIpc) is 2.75. The molecule has 3 N–H and O–H groups in total. The van der Waals surface area contributed by atoms with Gasteiger partial charge in [0, 0.05) is 13.0 Å². The highest BCUT2D eigenvalue weighted by Crippen LogP contribution is 2.10. The van der Waals surface area contributed by atoms with Gasteiger partial charge in [-0.2, -0.15) is 5.21 Å². The van der Waals surface area contributed by atoms with Crippen LogP contribution in [0.15, 0.2) is 0 Å². The van der Waals surface area contributed by atoms with Gasteiger partial charge in [0.05, 0.1) is 6.04 Å².